The second-order valence-electron chi connectivity index (χ2n) is 8.23. The molecule has 5 rings (SSSR count). The molecule has 2 unspecified atom stereocenters. The van der Waals surface area contributed by atoms with Gasteiger partial charge in [-0.15, -0.1) is 0 Å². The second kappa shape index (κ2) is 8.02. The highest BCUT2D eigenvalue weighted by Crippen LogP contribution is 2.32. The van der Waals surface area contributed by atoms with E-state index >= 15 is 0 Å². The first-order valence-corrected chi connectivity index (χ1v) is 10.7. The Kier molecular flexibility index (Phi) is 5.10. The Hall–Kier alpha value is -2.61. The number of pyridine rings is 1. The molecule has 0 spiro atoms. The zero-order chi connectivity index (χ0) is 19.6. The van der Waals surface area contributed by atoms with Crippen molar-refractivity contribution in [1.82, 2.24) is 20.5 Å². The maximum atomic E-state index is 12.3. The van der Waals surface area contributed by atoms with Crippen molar-refractivity contribution in [2.45, 2.75) is 50.9 Å². The van der Waals surface area contributed by atoms with Crippen molar-refractivity contribution in [3.05, 3.63) is 35.8 Å². The predicted octanol–water partition coefficient (Wildman–Crippen LogP) is 2.09. The number of nitrogens with one attached hydrogen (secondary N) is 2. The van der Waals surface area contributed by atoms with Gasteiger partial charge in [0.05, 0.1) is 12.2 Å². The van der Waals surface area contributed by atoms with Crippen molar-refractivity contribution in [3.63, 3.8) is 0 Å². The third-order valence-electron chi connectivity index (χ3n) is 6.20. The summed E-state index contributed by atoms with van der Waals surface area (Å²) in [6.45, 7) is 4.39. The number of hydrogen-bond acceptors (Lipinski definition) is 6. The van der Waals surface area contributed by atoms with Gasteiger partial charge in [-0.3, -0.25) is 9.89 Å². The molecule has 0 aliphatic carbocycles. The SMILES string of the molecule is O=C(NCc1cnc(N2CC3CCC(C2)O3)cc1N1CCCCC1)c1ccn[nH]1. The number of nitrogens with zero attached hydrogens (tertiary/aromatic N) is 4. The fraction of sp³-hybridized carbons (Fsp3) is 0.571. The number of carbonyl (C=O) groups is 1. The van der Waals surface area contributed by atoms with Crippen LogP contribution in [0, 0.1) is 0 Å². The summed E-state index contributed by atoms with van der Waals surface area (Å²) in [5, 5.41) is 9.55. The molecular weight excluding hydrogens is 368 g/mol. The van der Waals surface area contributed by atoms with Crippen LogP contribution >= 0.6 is 0 Å². The highest BCUT2D eigenvalue weighted by Gasteiger charge is 2.34. The largest absolute Gasteiger partial charge is 0.371 e. The van der Waals surface area contributed by atoms with E-state index in [4.69, 9.17) is 9.72 Å². The normalized spacial score (nSPS) is 24.0. The molecule has 0 aromatic carbocycles. The average molecular weight is 396 g/mol. The summed E-state index contributed by atoms with van der Waals surface area (Å²) in [5.74, 6) is 0.871. The van der Waals surface area contributed by atoms with Crippen LogP contribution in [0.2, 0.25) is 0 Å². The summed E-state index contributed by atoms with van der Waals surface area (Å²) >= 11 is 0. The number of morpholine rings is 1. The first kappa shape index (κ1) is 18.4. The van der Waals surface area contributed by atoms with Crippen LogP contribution in [0.4, 0.5) is 11.5 Å². The molecule has 2 N–H and O–H groups in total. The molecule has 3 aliphatic heterocycles. The average Bonchev–Trinajstić information content (AvgIpc) is 3.42. The molecule has 3 fully saturated rings. The summed E-state index contributed by atoms with van der Waals surface area (Å²) in [6, 6.07) is 3.89. The number of H-pyrrole nitrogens is 1. The quantitative estimate of drug-likeness (QED) is 0.805. The Bertz CT molecular complexity index is 837. The highest BCUT2D eigenvalue weighted by atomic mass is 16.5. The molecule has 2 bridgehead atoms. The minimum atomic E-state index is -0.152. The summed E-state index contributed by atoms with van der Waals surface area (Å²) in [5.41, 5.74) is 2.72. The van der Waals surface area contributed by atoms with Gasteiger partial charge in [0.15, 0.2) is 0 Å². The van der Waals surface area contributed by atoms with Gasteiger partial charge in [-0.1, -0.05) is 0 Å². The van der Waals surface area contributed by atoms with Gasteiger partial charge in [0, 0.05) is 62.4 Å². The molecule has 5 heterocycles. The van der Waals surface area contributed by atoms with E-state index < -0.39 is 0 Å². The number of amides is 1. The fourth-order valence-corrected chi connectivity index (χ4v) is 4.66. The smallest absolute Gasteiger partial charge is 0.269 e. The Labute approximate surface area is 170 Å². The molecule has 2 aromatic heterocycles. The molecule has 3 saturated heterocycles. The molecular formula is C21H28N6O2. The number of hydrogen-bond donors (Lipinski definition) is 2. The fourth-order valence-electron chi connectivity index (χ4n) is 4.66. The van der Waals surface area contributed by atoms with Gasteiger partial charge < -0.3 is 19.9 Å². The molecule has 2 atom stereocenters. The van der Waals surface area contributed by atoms with Gasteiger partial charge in [0.2, 0.25) is 0 Å². The third-order valence-corrected chi connectivity index (χ3v) is 6.20. The van der Waals surface area contributed by atoms with Gasteiger partial charge in [0.1, 0.15) is 11.5 Å². The van der Waals surface area contributed by atoms with Gasteiger partial charge in [0.25, 0.3) is 5.91 Å². The summed E-state index contributed by atoms with van der Waals surface area (Å²) in [6.07, 6.45) is 10.2. The van der Waals surface area contributed by atoms with E-state index in [9.17, 15) is 4.79 Å². The van der Waals surface area contributed by atoms with Crippen LogP contribution < -0.4 is 15.1 Å². The van der Waals surface area contributed by atoms with Gasteiger partial charge in [-0.25, -0.2) is 4.98 Å². The van der Waals surface area contributed by atoms with Crippen molar-refractivity contribution in [2.75, 3.05) is 36.0 Å². The molecule has 8 heteroatoms. The molecule has 3 aliphatic rings. The Morgan fingerprint density at radius 1 is 1.17 bits per heavy atom. The Morgan fingerprint density at radius 3 is 2.69 bits per heavy atom. The predicted molar refractivity (Wildman–Crippen MR) is 110 cm³/mol. The van der Waals surface area contributed by atoms with E-state index in [-0.39, 0.29) is 5.91 Å². The van der Waals surface area contributed by atoms with E-state index in [0.29, 0.717) is 24.4 Å². The third kappa shape index (κ3) is 3.94. The van der Waals surface area contributed by atoms with Crippen molar-refractivity contribution in [1.29, 1.82) is 0 Å². The minimum Gasteiger partial charge on any atom is -0.371 e. The lowest BCUT2D eigenvalue weighted by Gasteiger charge is -2.35. The van der Waals surface area contributed by atoms with Crippen molar-refractivity contribution in [3.8, 4) is 0 Å². The first-order chi connectivity index (χ1) is 14.3. The summed E-state index contributed by atoms with van der Waals surface area (Å²) in [7, 11) is 0. The highest BCUT2D eigenvalue weighted by molar-refractivity contribution is 5.92. The van der Waals surface area contributed by atoms with Gasteiger partial charge in [-0.05, 0) is 38.2 Å². The van der Waals surface area contributed by atoms with Crippen molar-refractivity contribution in [2.24, 2.45) is 0 Å². The topological polar surface area (TPSA) is 86.4 Å². The van der Waals surface area contributed by atoms with E-state index in [1.165, 1.54) is 24.9 Å². The summed E-state index contributed by atoms with van der Waals surface area (Å²) in [4.78, 5) is 21.9. The number of fused-ring (bicyclic) bond motifs is 2. The lowest BCUT2D eigenvalue weighted by molar-refractivity contribution is 0.0302. The second-order valence-corrected chi connectivity index (χ2v) is 8.23. The first-order valence-electron chi connectivity index (χ1n) is 10.7. The number of rotatable bonds is 5. The Balaban J connectivity index is 1.37. The van der Waals surface area contributed by atoms with Crippen LogP contribution in [0.15, 0.2) is 24.5 Å². The molecule has 8 nitrogen and oxygen atoms in total. The van der Waals surface area contributed by atoms with Crippen LogP contribution in [-0.4, -0.2) is 59.5 Å². The minimum absolute atomic E-state index is 0.152. The molecule has 1 amide bonds. The number of anilines is 2. The standard InChI is InChI=1S/C21H28N6O2/c28-21(18-6-7-24-25-18)23-12-15-11-22-20(10-19(15)26-8-2-1-3-9-26)27-13-16-4-5-17(14-27)29-16/h6-7,10-11,16-17H,1-5,8-9,12-14H2,(H,23,28)(H,24,25). The lowest BCUT2D eigenvalue weighted by atomic mass is 10.1. The van der Waals surface area contributed by atoms with E-state index in [2.05, 4.69) is 31.4 Å². The van der Waals surface area contributed by atoms with Crippen LogP contribution in [0.1, 0.15) is 48.2 Å². The molecule has 0 saturated carbocycles. The Morgan fingerprint density at radius 2 is 1.97 bits per heavy atom. The number of aromatic nitrogens is 3. The van der Waals surface area contributed by atoms with Crippen molar-refractivity contribution < 1.29 is 9.53 Å². The monoisotopic (exact) mass is 396 g/mol. The maximum absolute atomic E-state index is 12.3. The van der Waals surface area contributed by atoms with Gasteiger partial charge >= 0.3 is 0 Å². The zero-order valence-electron chi connectivity index (χ0n) is 16.6. The maximum Gasteiger partial charge on any atom is 0.269 e. The van der Waals surface area contributed by atoms with Gasteiger partial charge in [-0.2, -0.15) is 5.10 Å². The summed E-state index contributed by atoms with van der Waals surface area (Å²) < 4.78 is 5.98. The zero-order valence-corrected chi connectivity index (χ0v) is 16.6. The van der Waals surface area contributed by atoms with Crippen LogP contribution in [0.3, 0.4) is 0 Å². The number of piperidine rings is 1. The molecule has 29 heavy (non-hydrogen) atoms. The van der Waals surface area contributed by atoms with E-state index in [1.807, 2.05) is 6.20 Å². The van der Waals surface area contributed by atoms with Crippen LogP contribution in [0.25, 0.3) is 0 Å². The lowest BCUT2D eigenvalue weighted by Crippen LogP contribution is -2.43. The van der Waals surface area contributed by atoms with E-state index in [1.54, 1.807) is 12.3 Å². The van der Waals surface area contributed by atoms with Crippen molar-refractivity contribution >= 4 is 17.4 Å². The number of carbonyl (C=O) groups excluding carboxylic acids is 1. The van der Waals surface area contributed by atoms with Crippen LogP contribution in [0.5, 0.6) is 0 Å². The number of ether oxygens (including phenoxy) is 1. The number of aromatic amines is 1. The molecule has 0 radical (unpaired) electrons. The molecule has 2 aromatic rings. The molecule has 154 valence electrons. The van der Waals surface area contributed by atoms with E-state index in [0.717, 1.165) is 50.4 Å². The van der Waals surface area contributed by atoms with Crippen LogP contribution in [-0.2, 0) is 11.3 Å².